The van der Waals surface area contributed by atoms with Crippen LogP contribution in [0.4, 0.5) is 4.39 Å². The Labute approximate surface area is 113 Å². The first-order chi connectivity index (χ1) is 9.01. The lowest BCUT2D eigenvalue weighted by Gasteiger charge is -2.46. The van der Waals surface area contributed by atoms with E-state index in [9.17, 15) is 14.0 Å². The molecule has 1 N–H and O–H groups in total. The zero-order valence-corrected chi connectivity index (χ0v) is 11.7. The summed E-state index contributed by atoms with van der Waals surface area (Å²) >= 11 is 0. The molecule has 1 heterocycles. The number of carbonyl (C=O) groups excluding carboxylic acids is 2. The van der Waals surface area contributed by atoms with Crippen molar-refractivity contribution in [2.45, 2.75) is 57.5 Å². The van der Waals surface area contributed by atoms with Crippen LogP contribution >= 0.6 is 0 Å². The van der Waals surface area contributed by atoms with Gasteiger partial charge in [0.2, 0.25) is 11.8 Å². The molecule has 1 unspecified atom stereocenters. The number of rotatable bonds is 4. The molecule has 2 amide bonds. The normalized spacial score (nSPS) is 26.3. The van der Waals surface area contributed by atoms with E-state index in [0.29, 0.717) is 25.2 Å². The number of halogens is 1. The van der Waals surface area contributed by atoms with E-state index in [4.69, 9.17) is 0 Å². The summed E-state index contributed by atoms with van der Waals surface area (Å²) < 4.78 is 12.8. The molecular formula is C14H23FN2O2. The van der Waals surface area contributed by atoms with Crippen molar-refractivity contribution in [3.63, 3.8) is 0 Å². The largest absolute Gasteiger partial charge is 0.342 e. The predicted molar refractivity (Wildman–Crippen MR) is 70.3 cm³/mol. The highest BCUT2D eigenvalue weighted by Crippen LogP contribution is 2.38. The number of nitrogens with zero attached hydrogens (tertiary/aromatic N) is 1. The Balaban J connectivity index is 2.24. The Hall–Kier alpha value is -1.13. The molecule has 1 atom stereocenters. The van der Waals surface area contributed by atoms with Gasteiger partial charge in [0.05, 0.1) is 6.54 Å². The molecule has 5 heteroatoms. The molecule has 1 saturated carbocycles. The van der Waals surface area contributed by atoms with Gasteiger partial charge < -0.3 is 10.2 Å². The van der Waals surface area contributed by atoms with Gasteiger partial charge in [-0.3, -0.25) is 9.59 Å². The standard InChI is InChI=1S/C14H23FN2O2/c1-10(2)9-11-12(18)17(8-7-15)14(13(19)16-11)5-3-4-6-14/h10-11H,3-9H2,1-2H3,(H,16,19). The third-order valence-corrected chi connectivity index (χ3v) is 4.25. The van der Waals surface area contributed by atoms with Crippen LogP contribution in [0, 0.1) is 5.92 Å². The first-order valence-corrected chi connectivity index (χ1v) is 7.19. The van der Waals surface area contributed by atoms with Gasteiger partial charge >= 0.3 is 0 Å². The van der Waals surface area contributed by atoms with Gasteiger partial charge in [-0.2, -0.15) is 0 Å². The fourth-order valence-electron chi connectivity index (χ4n) is 3.37. The average Bonchev–Trinajstić information content (AvgIpc) is 2.82. The molecule has 2 fully saturated rings. The molecule has 1 spiro atoms. The number of hydrogen-bond donors (Lipinski definition) is 1. The minimum Gasteiger partial charge on any atom is -0.342 e. The summed E-state index contributed by atoms with van der Waals surface area (Å²) in [7, 11) is 0. The summed E-state index contributed by atoms with van der Waals surface area (Å²) in [4.78, 5) is 26.4. The van der Waals surface area contributed by atoms with Crippen molar-refractivity contribution in [1.29, 1.82) is 0 Å². The lowest BCUT2D eigenvalue weighted by Crippen LogP contribution is -2.70. The maximum atomic E-state index is 12.8. The highest BCUT2D eigenvalue weighted by molar-refractivity contribution is 6.00. The maximum absolute atomic E-state index is 12.8. The van der Waals surface area contributed by atoms with Crippen molar-refractivity contribution < 1.29 is 14.0 Å². The summed E-state index contributed by atoms with van der Waals surface area (Å²) in [6.07, 6.45) is 3.80. The smallest absolute Gasteiger partial charge is 0.246 e. The Morgan fingerprint density at radius 2 is 2.00 bits per heavy atom. The van der Waals surface area contributed by atoms with Crippen molar-refractivity contribution in [2.75, 3.05) is 13.2 Å². The minimum atomic E-state index is -0.767. The molecule has 4 nitrogen and oxygen atoms in total. The van der Waals surface area contributed by atoms with Crippen LogP contribution in [0.1, 0.15) is 46.0 Å². The molecular weight excluding hydrogens is 247 g/mol. The number of carbonyl (C=O) groups is 2. The zero-order chi connectivity index (χ0) is 14.0. The number of alkyl halides is 1. The molecule has 0 aromatic carbocycles. The van der Waals surface area contributed by atoms with E-state index in [1.807, 2.05) is 13.8 Å². The van der Waals surface area contributed by atoms with Gasteiger partial charge in [0.15, 0.2) is 0 Å². The van der Waals surface area contributed by atoms with Crippen LogP contribution in [-0.2, 0) is 9.59 Å². The lowest BCUT2D eigenvalue weighted by molar-refractivity contribution is -0.158. The number of nitrogens with one attached hydrogen (secondary N) is 1. The molecule has 19 heavy (non-hydrogen) atoms. The first-order valence-electron chi connectivity index (χ1n) is 7.19. The molecule has 0 bridgehead atoms. The number of amides is 2. The van der Waals surface area contributed by atoms with Crippen LogP contribution < -0.4 is 5.32 Å². The molecule has 0 aromatic rings. The van der Waals surface area contributed by atoms with E-state index < -0.39 is 18.3 Å². The SMILES string of the molecule is CC(C)CC1NC(=O)C2(CCCC2)N(CCF)C1=O. The Bertz CT molecular complexity index is 364. The summed E-state index contributed by atoms with van der Waals surface area (Å²) in [6.45, 7) is 3.48. The van der Waals surface area contributed by atoms with Crippen molar-refractivity contribution >= 4 is 11.8 Å². The van der Waals surface area contributed by atoms with E-state index >= 15 is 0 Å². The van der Waals surface area contributed by atoms with Gasteiger partial charge in [0, 0.05) is 0 Å². The topological polar surface area (TPSA) is 49.4 Å². The molecule has 1 aliphatic carbocycles. The van der Waals surface area contributed by atoms with Crippen LogP contribution in [0.5, 0.6) is 0 Å². The second-order valence-electron chi connectivity index (χ2n) is 6.07. The van der Waals surface area contributed by atoms with Gasteiger partial charge in [-0.1, -0.05) is 26.7 Å². The molecule has 1 aliphatic heterocycles. The van der Waals surface area contributed by atoms with Crippen LogP contribution in [0.15, 0.2) is 0 Å². The van der Waals surface area contributed by atoms with Crippen molar-refractivity contribution in [2.24, 2.45) is 5.92 Å². The average molecular weight is 270 g/mol. The van der Waals surface area contributed by atoms with Crippen LogP contribution in [0.2, 0.25) is 0 Å². The van der Waals surface area contributed by atoms with Crippen LogP contribution in [0.3, 0.4) is 0 Å². The molecule has 0 radical (unpaired) electrons. The minimum absolute atomic E-state index is 0.0425. The molecule has 0 aromatic heterocycles. The van der Waals surface area contributed by atoms with Gasteiger partial charge in [0.25, 0.3) is 0 Å². The van der Waals surface area contributed by atoms with Crippen LogP contribution in [0.25, 0.3) is 0 Å². The molecule has 2 rings (SSSR count). The second-order valence-corrected chi connectivity index (χ2v) is 6.07. The molecule has 2 aliphatic rings. The van der Waals surface area contributed by atoms with Crippen molar-refractivity contribution in [3.05, 3.63) is 0 Å². The highest BCUT2D eigenvalue weighted by atomic mass is 19.1. The Morgan fingerprint density at radius 1 is 1.37 bits per heavy atom. The molecule has 1 saturated heterocycles. The molecule has 108 valence electrons. The van der Waals surface area contributed by atoms with E-state index in [2.05, 4.69) is 5.32 Å². The fourth-order valence-corrected chi connectivity index (χ4v) is 3.37. The monoisotopic (exact) mass is 270 g/mol. The summed E-state index contributed by atoms with van der Waals surface area (Å²) in [5.41, 5.74) is -0.767. The van der Waals surface area contributed by atoms with Gasteiger partial charge in [-0.05, 0) is 25.2 Å². The Kier molecular flexibility index (Phi) is 4.11. The van der Waals surface area contributed by atoms with E-state index in [0.717, 1.165) is 12.8 Å². The van der Waals surface area contributed by atoms with Crippen molar-refractivity contribution in [3.8, 4) is 0 Å². The summed E-state index contributed by atoms with van der Waals surface area (Å²) in [6, 6.07) is -0.481. The number of hydrogen-bond acceptors (Lipinski definition) is 2. The fraction of sp³-hybridized carbons (Fsp3) is 0.857. The van der Waals surface area contributed by atoms with Crippen molar-refractivity contribution in [1.82, 2.24) is 10.2 Å². The van der Waals surface area contributed by atoms with Gasteiger partial charge in [0.1, 0.15) is 18.3 Å². The van der Waals surface area contributed by atoms with E-state index in [1.54, 1.807) is 0 Å². The lowest BCUT2D eigenvalue weighted by atomic mass is 9.87. The van der Waals surface area contributed by atoms with Crippen LogP contribution in [-0.4, -0.2) is 41.5 Å². The third kappa shape index (κ3) is 2.47. The summed E-state index contributed by atoms with van der Waals surface area (Å²) in [5.74, 6) is 0.135. The Morgan fingerprint density at radius 3 is 2.53 bits per heavy atom. The second kappa shape index (κ2) is 5.47. The number of piperazine rings is 1. The highest BCUT2D eigenvalue weighted by Gasteiger charge is 2.53. The van der Waals surface area contributed by atoms with Gasteiger partial charge in [-0.25, -0.2) is 4.39 Å². The summed E-state index contributed by atoms with van der Waals surface area (Å²) in [5, 5.41) is 2.87. The van der Waals surface area contributed by atoms with E-state index in [-0.39, 0.29) is 18.4 Å². The zero-order valence-electron chi connectivity index (χ0n) is 11.7. The van der Waals surface area contributed by atoms with E-state index in [1.165, 1.54) is 4.90 Å². The maximum Gasteiger partial charge on any atom is 0.246 e. The van der Waals surface area contributed by atoms with Gasteiger partial charge in [-0.15, -0.1) is 0 Å². The predicted octanol–water partition coefficient (Wildman–Crippen LogP) is 1.64. The quantitative estimate of drug-likeness (QED) is 0.844. The third-order valence-electron chi connectivity index (χ3n) is 4.25. The first kappa shape index (κ1) is 14.3.